The van der Waals surface area contributed by atoms with E-state index in [9.17, 15) is 9.59 Å². The SMILES string of the molecule is NC(CCl)=Nc1cccc2c1C(=O)c1ccccc1C2=O. The van der Waals surface area contributed by atoms with Crippen molar-refractivity contribution in [3.8, 4) is 0 Å². The van der Waals surface area contributed by atoms with Gasteiger partial charge in [0.1, 0.15) is 5.84 Å². The molecular formula is C16H11ClN2O2. The number of benzene rings is 2. The van der Waals surface area contributed by atoms with E-state index >= 15 is 0 Å². The number of hydrogen-bond donors (Lipinski definition) is 1. The Bertz CT molecular complexity index is 797. The van der Waals surface area contributed by atoms with Crippen molar-refractivity contribution in [1.29, 1.82) is 0 Å². The summed E-state index contributed by atoms with van der Waals surface area (Å²) < 4.78 is 0. The van der Waals surface area contributed by atoms with E-state index in [0.29, 0.717) is 22.4 Å². The molecule has 0 aromatic heterocycles. The largest absolute Gasteiger partial charge is 0.386 e. The summed E-state index contributed by atoms with van der Waals surface area (Å²) in [5.41, 5.74) is 7.45. The lowest BCUT2D eigenvalue weighted by Gasteiger charge is -2.18. The number of alkyl halides is 1. The molecule has 2 N–H and O–H groups in total. The van der Waals surface area contributed by atoms with Crippen molar-refractivity contribution in [2.45, 2.75) is 0 Å². The summed E-state index contributed by atoms with van der Waals surface area (Å²) in [4.78, 5) is 29.3. The van der Waals surface area contributed by atoms with Crippen LogP contribution in [0.4, 0.5) is 5.69 Å². The molecule has 21 heavy (non-hydrogen) atoms. The van der Waals surface area contributed by atoms with E-state index in [0.717, 1.165) is 0 Å². The molecule has 0 radical (unpaired) electrons. The van der Waals surface area contributed by atoms with Crippen molar-refractivity contribution < 1.29 is 9.59 Å². The summed E-state index contributed by atoms with van der Waals surface area (Å²) in [7, 11) is 0. The van der Waals surface area contributed by atoms with Crippen LogP contribution < -0.4 is 5.73 Å². The Labute approximate surface area is 126 Å². The van der Waals surface area contributed by atoms with E-state index in [4.69, 9.17) is 17.3 Å². The highest BCUT2D eigenvalue weighted by molar-refractivity contribution is 6.31. The molecule has 0 unspecified atom stereocenters. The van der Waals surface area contributed by atoms with Crippen LogP contribution in [0.3, 0.4) is 0 Å². The van der Waals surface area contributed by atoms with Crippen molar-refractivity contribution in [1.82, 2.24) is 0 Å². The van der Waals surface area contributed by atoms with Crippen LogP contribution in [0.5, 0.6) is 0 Å². The van der Waals surface area contributed by atoms with Crippen molar-refractivity contribution >= 4 is 34.7 Å². The van der Waals surface area contributed by atoms with Gasteiger partial charge in [0.15, 0.2) is 11.6 Å². The standard InChI is InChI=1S/C16H11ClN2O2/c17-8-13(18)19-12-7-3-6-11-14(12)16(21)10-5-2-1-4-9(10)15(11)20/h1-7H,8H2,(H2,18,19). The van der Waals surface area contributed by atoms with Crippen LogP contribution in [0.25, 0.3) is 0 Å². The first-order chi connectivity index (χ1) is 10.1. The number of halogens is 1. The fraction of sp³-hybridized carbons (Fsp3) is 0.0625. The lowest BCUT2D eigenvalue weighted by molar-refractivity contribution is 0.0979. The third-order valence-corrected chi connectivity index (χ3v) is 3.61. The van der Waals surface area contributed by atoms with Gasteiger partial charge in [-0.25, -0.2) is 4.99 Å². The maximum atomic E-state index is 12.6. The minimum atomic E-state index is -0.220. The molecule has 0 saturated heterocycles. The van der Waals surface area contributed by atoms with Crippen LogP contribution in [-0.2, 0) is 0 Å². The molecule has 2 aromatic rings. The molecule has 1 aliphatic carbocycles. The van der Waals surface area contributed by atoms with E-state index in [-0.39, 0.29) is 28.8 Å². The third-order valence-electron chi connectivity index (χ3n) is 3.33. The fourth-order valence-corrected chi connectivity index (χ4v) is 2.46. The van der Waals surface area contributed by atoms with Gasteiger partial charge in [-0.05, 0) is 6.07 Å². The second-order valence-electron chi connectivity index (χ2n) is 4.64. The summed E-state index contributed by atoms with van der Waals surface area (Å²) in [6, 6.07) is 11.7. The Balaban J connectivity index is 2.26. The Morgan fingerprint density at radius 2 is 1.57 bits per heavy atom. The van der Waals surface area contributed by atoms with Crippen LogP contribution >= 0.6 is 11.6 Å². The number of aliphatic imine (C=N–C) groups is 1. The smallest absolute Gasteiger partial charge is 0.196 e. The molecule has 4 nitrogen and oxygen atoms in total. The third kappa shape index (κ3) is 2.14. The highest BCUT2D eigenvalue weighted by Gasteiger charge is 2.31. The minimum Gasteiger partial charge on any atom is -0.386 e. The molecule has 1 aliphatic rings. The highest BCUT2D eigenvalue weighted by atomic mass is 35.5. The van der Waals surface area contributed by atoms with E-state index in [2.05, 4.69) is 4.99 Å². The second kappa shape index (κ2) is 5.14. The van der Waals surface area contributed by atoms with E-state index in [1.165, 1.54) is 0 Å². The Morgan fingerprint density at radius 3 is 2.24 bits per heavy atom. The maximum absolute atomic E-state index is 12.6. The summed E-state index contributed by atoms with van der Waals surface area (Å²) in [5.74, 6) is -0.143. The molecule has 0 bridgehead atoms. The van der Waals surface area contributed by atoms with Crippen LogP contribution in [0, 0.1) is 0 Å². The number of ketones is 2. The molecule has 0 spiro atoms. The second-order valence-corrected chi connectivity index (χ2v) is 4.91. The Morgan fingerprint density at radius 1 is 0.952 bits per heavy atom. The monoisotopic (exact) mass is 298 g/mol. The summed E-state index contributed by atoms with van der Waals surface area (Å²) >= 11 is 5.62. The predicted molar refractivity (Wildman–Crippen MR) is 81.8 cm³/mol. The summed E-state index contributed by atoms with van der Waals surface area (Å²) in [6.45, 7) is 0. The molecule has 5 heteroatoms. The molecule has 0 fully saturated rings. The molecule has 104 valence electrons. The van der Waals surface area contributed by atoms with Crippen molar-refractivity contribution in [2.24, 2.45) is 10.7 Å². The number of rotatable bonds is 2. The van der Waals surface area contributed by atoms with Crippen LogP contribution in [0.15, 0.2) is 47.5 Å². The first kappa shape index (κ1) is 13.5. The average molecular weight is 299 g/mol. The highest BCUT2D eigenvalue weighted by Crippen LogP contribution is 2.33. The zero-order valence-electron chi connectivity index (χ0n) is 11.0. The van der Waals surface area contributed by atoms with E-state index < -0.39 is 0 Å². The lowest BCUT2D eigenvalue weighted by atomic mass is 9.83. The van der Waals surface area contributed by atoms with Gasteiger partial charge >= 0.3 is 0 Å². The van der Waals surface area contributed by atoms with Gasteiger partial charge in [0.25, 0.3) is 0 Å². The van der Waals surface area contributed by atoms with E-state index in [1.807, 2.05) is 0 Å². The van der Waals surface area contributed by atoms with Crippen molar-refractivity contribution in [3.05, 3.63) is 64.7 Å². The van der Waals surface area contributed by atoms with Crippen molar-refractivity contribution in [3.63, 3.8) is 0 Å². The van der Waals surface area contributed by atoms with Gasteiger partial charge in [-0.1, -0.05) is 36.4 Å². The number of hydrogen-bond acceptors (Lipinski definition) is 3. The topological polar surface area (TPSA) is 72.5 Å². The Kier molecular flexibility index (Phi) is 3.31. The van der Waals surface area contributed by atoms with Crippen LogP contribution in [0.1, 0.15) is 31.8 Å². The molecule has 0 heterocycles. The quantitative estimate of drug-likeness (QED) is 0.449. The van der Waals surface area contributed by atoms with Crippen molar-refractivity contribution in [2.75, 3.05) is 5.88 Å². The zero-order valence-corrected chi connectivity index (χ0v) is 11.7. The van der Waals surface area contributed by atoms with E-state index in [1.54, 1.807) is 42.5 Å². The molecular weight excluding hydrogens is 288 g/mol. The Hall–Kier alpha value is -2.46. The molecule has 0 amide bonds. The molecule has 0 aliphatic heterocycles. The normalized spacial score (nSPS) is 13.9. The number of amidine groups is 1. The fourth-order valence-electron chi connectivity index (χ4n) is 2.40. The predicted octanol–water partition coefficient (Wildman–Crippen LogP) is 2.69. The number of fused-ring (bicyclic) bond motifs is 2. The number of carbonyl (C=O) groups is 2. The molecule has 0 atom stereocenters. The van der Waals surface area contributed by atoms with Gasteiger partial charge in [-0.3, -0.25) is 9.59 Å². The first-order valence-electron chi connectivity index (χ1n) is 6.34. The number of carbonyl (C=O) groups excluding carboxylic acids is 2. The minimum absolute atomic E-state index is 0.0579. The number of nitrogens with zero attached hydrogens (tertiary/aromatic N) is 1. The van der Waals surface area contributed by atoms with Gasteiger partial charge in [-0.15, -0.1) is 11.6 Å². The summed E-state index contributed by atoms with van der Waals surface area (Å²) in [5, 5.41) is 0. The summed E-state index contributed by atoms with van der Waals surface area (Å²) in [6.07, 6.45) is 0. The maximum Gasteiger partial charge on any atom is 0.196 e. The van der Waals surface area contributed by atoms with Gasteiger partial charge in [-0.2, -0.15) is 0 Å². The zero-order chi connectivity index (χ0) is 15.0. The number of nitrogens with two attached hydrogens (primary N) is 1. The van der Waals surface area contributed by atoms with Crippen LogP contribution in [-0.4, -0.2) is 23.3 Å². The first-order valence-corrected chi connectivity index (χ1v) is 6.87. The van der Waals surface area contributed by atoms with Gasteiger partial charge in [0.2, 0.25) is 0 Å². The molecule has 2 aromatic carbocycles. The lowest BCUT2D eigenvalue weighted by Crippen LogP contribution is -2.21. The molecule has 0 saturated carbocycles. The van der Waals surface area contributed by atoms with Crippen LogP contribution in [0.2, 0.25) is 0 Å². The van der Waals surface area contributed by atoms with Gasteiger partial charge in [0, 0.05) is 16.7 Å². The van der Waals surface area contributed by atoms with Gasteiger partial charge in [0.05, 0.1) is 17.1 Å². The van der Waals surface area contributed by atoms with Gasteiger partial charge < -0.3 is 5.73 Å². The average Bonchev–Trinajstić information content (AvgIpc) is 2.52. The molecule has 3 rings (SSSR count).